The monoisotopic (exact) mass is 214 g/mol. The Labute approximate surface area is 78.1 Å². The van der Waals surface area contributed by atoms with Crippen molar-refractivity contribution in [3.05, 3.63) is 11.9 Å². The topological polar surface area (TPSA) is 26.3 Å². The van der Waals surface area contributed by atoms with Crippen molar-refractivity contribution in [2.75, 3.05) is 18.6 Å². The molecule has 0 aromatic heterocycles. The van der Waals surface area contributed by atoms with Gasteiger partial charge in [-0.1, -0.05) is 0 Å². The van der Waals surface area contributed by atoms with Gasteiger partial charge in [0, 0.05) is 12.2 Å². The molecule has 6 heteroatoms. The maximum atomic E-state index is 12.1. The highest BCUT2D eigenvalue weighted by Gasteiger charge is 2.05. The molecule has 2 nitrogen and oxygen atoms in total. The van der Waals surface area contributed by atoms with Crippen LogP contribution in [-0.4, -0.2) is 24.6 Å². The maximum absolute atomic E-state index is 12.1. The number of ether oxygens (including phenoxy) is 1. The zero-order valence-corrected chi connectivity index (χ0v) is 7.80. The van der Waals surface area contributed by atoms with Crippen LogP contribution >= 0.6 is 11.8 Å². The molecule has 13 heavy (non-hydrogen) atoms. The molecule has 0 atom stereocenters. The Bertz CT molecular complexity index is 202. The molecule has 0 saturated carbocycles. The van der Waals surface area contributed by atoms with Crippen LogP contribution in [0.15, 0.2) is 11.9 Å². The van der Waals surface area contributed by atoms with E-state index in [0.717, 1.165) is 11.8 Å². The van der Waals surface area contributed by atoms with Gasteiger partial charge in [0.15, 0.2) is 5.83 Å². The summed E-state index contributed by atoms with van der Waals surface area (Å²) in [5, 5.41) is 0. The number of esters is 1. The number of hydrogen-bond acceptors (Lipinski definition) is 3. The lowest BCUT2D eigenvalue weighted by molar-refractivity contribution is -0.137. The van der Waals surface area contributed by atoms with Crippen LogP contribution < -0.4 is 0 Å². The van der Waals surface area contributed by atoms with Gasteiger partial charge in [-0.15, -0.1) is 11.8 Å². The second-order valence-corrected chi connectivity index (χ2v) is 3.15. The molecule has 0 amide bonds. The van der Waals surface area contributed by atoms with Crippen LogP contribution in [0.5, 0.6) is 0 Å². The Balaban J connectivity index is 3.47. The van der Waals surface area contributed by atoms with Crippen LogP contribution in [-0.2, 0) is 9.53 Å². The Morgan fingerprint density at radius 2 is 2.00 bits per heavy atom. The van der Waals surface area contributed by atoms with Crippen molar-refractivity contribution in [1.82, 2.24) is 0 Å². The van der Waals surface area contributed by atoms with Gasteiger partial charge in [-0.25, -0.2) is 4.39 Å². The predicted octanol–water partition coefficient (Wildman–Crippen LogP) is 2.36. The third-order valence-corrected chi connectivity index (χ3v) is 2.05. The highest BCUT2D eigenvalue weighted by atomic mass is 32.2. The number of rotatable bonds is 5. The maximum Gasteiger partial charge on any atom is 0.315 e. The zero-order valence-electron chi connectivity index (χ0n) is 6.98. The Morgan fingerprint density at radius 1 is 1.38 bits per heavy atom. The summed E-state index contributed by atoms with van der Waals surface area (Å²) in [6.45, 7) is 0. The molecule has 0 rings (SSSR count). The standard InChI is InChI=1S/C7H9F3O2S/c1-12-6(11)4-13-3-2-5(8)7(9)10/h2-4H2,1H3. The molecule has 0 radical (unpaired) electrons. The van der Waals surface area contributed by atoms with Crippen LogP contribution in [0, 0.1) is 0 Å². The molecule has 0 heterocycles. The fourth-order valence-corrected chi connectivity index (χ4v) is 1.22. The quantitative estimate of drug-likeness (QED) is 0.519. The van der Waals surface area contributed by atoms with Crippen LogP contribution in [0.25, 0.3) is 0 Å². The van der Waals surface area contributed by atoms with E-state index in [1.807, 2.05) is 0 Å². The van der Waals surface area contributed by atoms with E-state index in [4.69, 9.17) is 0 Å². The van der Waals surface area contributed by atoms with Gasteiger partial charge in [0.25, 0.3) is 0 Å². The molecule has 0 aromatic rings. The summed E-state index contributed by atoms with van der Waals surface area (Å²) < 4.78 is 39.4. The van der Waals surface area contributed by atoms with Crippen molar-refractivity contribution in [2.45, 2.75) is 6.42 Å². The minimum Gasteiger partial charge on any atom is -0.468 e. The van der Waals surface area contributed by atoms with Gasteiger partial charge in [-0.2, -0.15) is 8.78 Å². The van der Waals surface area contributed by atoms with Crippen LogP contribution in [0.1, 0.15) is 6.42 Å². The minimum absolute atomic E-state index is 0.0533. The molecule has 0 spiro atoms. The second-order valence-electron chi connectivity index (χ2n) is 2.04. The van der Waals surface area contributed by atoms with E-state index in [2.05, 4.69) is 4.74 Å². The van der Waals surface area contributed by atoms with Crippen molar-refractivity contribution >= 4 is 17.7 Å². The van der Waals surface area contributed by atoms with Gasteiger partial charge >= 0.3 is 12.0 Å². The second kappa shape index (κ2) is 6.82. The zero-order chi connectivity index (χ0) is 10.3. The lowest BCUT2D eigenvalue weighted by atomic mass is 10.4. The van der Waals surface area contributed by atoms with Gasteiger partial charge < -0.3 is 4.74 Å². The molecule has 0 N–H and O–H groups in total. The molecule has 76 valence electrons. The number of hydrogen-bond donors (Lipinski definition) is 0. The average molecular weight is 214 g/mol. The molecular weight excluding hydrogens is 205 g/mol. The first-order chi connectivity index (χ1) is 6.07. The number of halogens is 3. The molecule has 0 aliphatic carbocycles. The SMILES string of the molecule is COC(=O)CSCCC(F)=C(F)F. The molecule has 0 aromatic carbocycles. The van der Waals surface area contributed by atoms with Gasteiger partial charge in [0.1, 0.15) is 0 Å². The summed E-state index contributed by atoms with van der Waals surface area (Å²) in [7, 11) is 1.23. The van der Waals surface area contributed by atoms with E-state index in [0.29, 0.717) is 0 Å². The van der Waals surface area contributed by atoms with E-state index in [1.165, 1.54) is 7.11 Å². The van der Waals surface area contributed by atoms with E-state index in [-0.39, 0.29) is 17.9 Å². The summed E-state index contributed by atoms with van der Waals surface area (Å²) in [5.74, 6) is -1.68. The van der Waals surface area contributed by atoms with Crippen molar-refractivity contribution in [2.24, 2.45) is 0 Å². The van der Waals surface area contributed by atoms with Crippen molar-refractivity contribution < 1.29 is 22.7 Å². The summed E-state index contributed by atoms with van der Waals surface area (Å²) in [5.41, 5.74) is 0. The first-order valence-electron chi connectivity index (χ1n) is 3.42. The summed E-state index contributed by atoms with van der Waals surface area (Å²) >= 11 is 1.05. The third kappa shape index (κ3) is 6.51. The lowest BCUT2D eigenvalue weighted by Gasteiger charge is -1.98. The molecule has 0 aliphatic rings. The number of carbonyl (C=O) groups is 1. The van der Waals surface area contributed by atoms with Crippen LogP contribution in [0.2, 0.25) is 0 Å². The highest BCUT2D eigenvalue weighted by Crippen LogP contribution is 2.16. The average Bonchev–Trinajstić information content (AvgIpc) is 2.11. The van der Waals surface area contributed by atoms with Crippen LogP contribution in [0.3, 0.4) is 0 Å². The molecule has 0 unspecified atom stereocenters. The summed E-state index contributed by atoms with van der Waals surface area (Å²) in [6.07, 6.45) is -2.65. The van der Waals surface area contributed by atoms with Gasteiger partial charge in [0.2, 0.25) is 0 Å². The van der Waals surface area contributed by atoms with E-state index in [1.54, 1.807) is 0 Å². The molecule has 0 saturated heterocycles. The molecular formula is C7H9F3O2S. The minimum atomic E-state index is -2.29. The largest absolute Gasteiger partial charge is 0.468 e. The molecule has 0 bridgehead atoms. The molecule has 0 fully saturated rings. The lowest BCUT2D eigenvalue weighted by Crippen LogP contribution is -2.03. The Morgan fingerprint density at radius 3 is 2.46 bits per heavy atom. The normalized spacial score (nSPS) is 9.54. The fraction of sp³-hybridized carbons (Fsp3) is 0.571. The Hall–Kier alpha value is -0.650. The summed E-state index contributed by atoms with van der Waals surface area (Å²) in [6, 6.07) is 0. The summed E-state index contributed by atoms with van der Waals surface area (Å²) in [4.78, 5) is 10.5. The van der Waals surface area contributed by atoms with Crippen molar-refractivity contribution in [3.8, 4) is 0 Å². The Kier molecular flexibility index (Phi) is 6.48. The van der Waals surface area contributed by atoms with Gasteiger partial charge in [-0.3, -0.25) is 4.79 Å². The number of thioether (sulfide) groups is 1. The van der Waals surface area contributed by atoms with Crippen molar-refractivity contribution in [3.63, 3.8) is 0 Å². The predicted molar refractivity (Wildman–Crippen MR) is 44.3 cm³/mol. The highest BCUT2D eigenvalue weighted by molar-refractivity contribution is 7.99. The van der Waals surface area contributed by atoms with Crippen LogP contribution in [0.4, 0.5) is 13.2 Å². The van der Waals surface area contributed by atoms with E-state index >= 15 is 0 Å². The number of methoxy groups -OCH3 is 1. The number of carbonyl (C=O) groups excluding carboxylic acids is 1. The van der Waals surface area contributed by atoms with Gasteiger partial charge in [-0.05, 0) is 0 Å². The molecule has 0 aliphatic heterocycles. The third-order valence-electron chi connectivity index (χ3n) is 1.12. The van der Waals surface area contributed by atoms with E-state index in [9.17, 15) is 18.0 Å². The van der Waals surface area contributed by atoms with E-state index < -0.39 is 17.9 Å². The van der Waals surface area contributed by atoms with Crippen molar-refractivity contribution in [1.29, 1.82) is 0 Å². The fourth-order valence-electron chi connectivity index (χ4n) is 0.471. The smallest absolute Gasteiger partial charge is 0.315 e. The first kappa shape index (κ1) is 12.3. The first-order valence-corrected chi connectivity index (χ1v) is 4.57. The number of allylic oxidation sites excluding steroid dienone is 1. The van der Waals surface area contributed by atoms with Gasteiger partial charge in [0.05, 0.1) is 12.9 Å².